The van der Waals surface area contributed by atoms with Crippen molar-refractivity contribution in [3.8, 4) is 0 Å². The highest BCUT2D eigenvalue weighted by Crippen LogP contribution is 2.29. The number of nitrogens with zero attached hydrogens (tertiary/aromatic N) is 2. The Balaban J connectivity index is 1.79. The summed E-state index contributed by atoms with van der Waals surface area (Å²) in [5.74, 6) is 0. The van der Waals surface area contributed by atoms with Crippen LogP contribution in [0.25, 0.3) is 0 Å². The fraction of sp³-hybridized carbons (Fsp3) is 0.600. The zero-order valence-corrected chi connectivity index (χ0v) is 12.9. The monoisotopic (exact) mass is 323 g/mol. The maximum atomic E-state index is 5.90. The van der Waals surface area contributed by atoms with Gasteiger partial charge in [0, 0.05) is 42.4 Å². The minimum absolute atomic E-state index is 0.611. The number of benzene rings is 1. The molecule has 1 unspecified atom stereocenters. The quantitative estimate of drug-likeness (QED) is 0.908. The minimum Gasteiger partial charge on any atom is -0.368 e. The second-order valence-electron chi connectivity index (χ2n) is 5.61. The highest BCUT2D eigenvalue weighted by molar-refractivity contribution is 9.10. The minimum atomic E-state index is 0.611. The standard InChI is InChI=1S/C15H22BrN3/c16-13-4-5-15(12(9-13)10-17)19-8-7-18-6-2-1-3-14(18)11-19/h4-5,9,14H,1-3,6-8,10-11,17H2. The zero-order chi connectivity index (χ0) is 13.2. The van der Waals surface area contributed by atoms with Crippen molar-refractivity contribution < 1.29 is 0 Å². The molecule has 19 heavy (non-hydrogen) atoms. The van der Waals surface area contributed by atoms with Crippen LogP contribution in [0.15, 0.2) is 22.7 Å². The van der Waals surface area contributed by atoms with E-state index in [1.54, 1.807) is 0 Å². The summed E-state index contributed by atoms with van der Waals surface area (Å²) in [5.41, 5.74) is 8.48. The molecule has 2 saturated heterocycles. The van der Waals surface area contributed by atoms with E-state index in [0.29, 0.717) is 6.54 Å². The van der Waals surface area contributed by atoms with Crippen LogP contribution in [-0.2, 0) is 6.54 Å². The Morgan fingerprint density at radius 3 is 2.95 bits per heavy atom. The van der Waals surface area contributed by atoms with E-state index in [-0.39, 0.29) is 0 Å². The molecule has 3 rings (SSSR count). The molecule has 0 spiro atoms. The van der Waals surface area contributed by atoms with Gasteiger partial charge in [-0.25, -0.2) is 0 Å². The van der Waals surface area contributed by atoms with Crippen LogP contribution in [0, 0.1) is 0 Å². The molecule has 2 aliphatic heterocycles. The molecule has 2 fully saturated rings. The number of halogens is 1. The van der Waals surface area contributed by atoms with Crippen molar-refractivity contribution in [3.63, 3.8) is 0 Å². The molecule has 2 aliphatic rings. The number of nitrogens with two attached hydrogens (primary N) is 1. The van der Waals surface area contributed by atoms with E-state index in [1.165, 1.54) is 43.6 Å². The molecular formula is C15H22BrN3. The van der Waals surface area contributed by atoms with Crippen LogP contribution in [0.5, 0.6) is 0 Å². The molecule has 2 heterocycles. The maximum Gasteiger partial charge on any atom is 0.0413 e. The van der Waals surface area contributed by atoms with E-state index in [2.05, 4.69) is 43.9 Å². The average molecular weight is 324 g/mol. The van der Waals surface area contributed by atoms with Crippen LogP contribution < -0.4 is 10.6 Å². The van der Waals surface area contributed by atoms with Crippen LogP contribution >= 0.6 is 15.9 Å². The number of piperazine rings is 1. The SMILES string of the molecule is NCc1cc(Br)ccc1N1CCN2CCCCC2C1. The Kier molecular flexibility index (Phi) is 4.10. The number of fused-ring (bicyclic) bond motifs is 1. The summed E-state index contributed by atoms with van der Waals surface area (Å²) in [6.45, 7) is 5.40. The maximum absolute atomic E-state index is 5.90. The Morgan fingerprint density at radius 2 is 2.11 bits per heavy atom. The van der Waals surface area contributed by atoms with E-state index in [4.69, 9.17) is 5.73 Å². The molecule has 1 atom stereocenters. The smallest absolute Gasteiger partial charge is 0.0413 e. The number of piperidine rings is 1. The first-order chi connectivity index (χ1) is 9.28. The van der Waals surface area contributed by atoms with Crippen LogP contribution in [-0.4, -0.2) is 37.1 Å². The number of hydrogen-bond donors (Lipinski definition) is 1. The molecule has 0 aromatic heterocycles. The predicted octanol–water partition coefficient (Wildman–Crippen LogP) is 2.58. The third-order valence-corrected chi connectivity index (χ3v) is 4.93. The molecule has 2 N–H and O–H groups in total. The van der Waals surface area contributed by atoms with Crippen molar-refractivity contribution in [1.82, 2.24) is 4.90 Å². The lowest BCUT2D eigenvalue weighted by atomic mass is 9.98. The van der Waals surface area contributed by atoms with Crippen molar-refractivity contribution in [2.24, 2.45) is 5.73 Å². The third kappa shape index (κ3) is 2.81. The van der Waals surface area contributed by atoms with Crippen LogP contribution in [0.1, 0.15) is 24.8 Å². The van der Waals surface area contributed by atoms with Gasteiger partial charge in [-0.05, 0) is 43.1 Å². The summed E-state index contributed by atoms with van der Waals surface area (Å²) in [4.78, 5) is 5.20. The molecule has 0 radical (unpaired) electrons. The van der Waals surface area contributed by atoms with E-state index >= 15 is 0 Å². The second kappa shape index (κ2) is 5.81. The van der Waals surface area contributed by atoms with Crippen LogP contribution in [0.3, 0.4) is 0 Å². The summed E-state index contributed by atoms with van der Waals surface area (Å²) in [6.07, 6.45) is 4.12. The average Bonchev–Trinajstić information content (AvgIpc) is 2.46. The highest BCUT2D eigenvalue weighted by atomic mass is 79.9. The molecule has 3 nitrogen and oxygen atoms in total. The molecule has 0 amide bonds. The van der Waals surface area contributed by atoms with Crippen molar-refractivity contribution in [3.05, 3.63) is 28.2 Å². The lowest BCUT2D eigenvalue weighted by molar-refractivity contribution is 0.133. The molecule has 0 bridgehead atoms. The van der Waals surface area contributed by atoms with Gasteiger partial charge < -0.3 is 10.6 Å². The third-order valence-electron chi connectivity index (χ3n) is 4.44. The van der Waals surface area contributed by atoms with E-state index in [1.807, 2.05) is 0 Å². The first kappa shape index (κ1) is 13.4. The van der Waals surface area contributed by atoms with Crippen LogP contribution in [0.2, 0.25) is 0 Å². The van der Waals surface area contributed by atoms with Gasteiger partial charge in [0.15, 0.2) is 0 Å². The summed E-state index contributed by atoms with van der Waals surface area (Å²) in [6, 6.07) is 7.24. The Bertz CT molecular complexity index is 449. The van der Waals surface area contributed by atoms with Gasteiger partial charge in [-0.15, -0.1) is 0 Å². The predicted molar refractivity (Wildman–Crippen MR) is 83.5 cm³/mol. The highest BCUT2D eigenvalue weighted by Gasteiger charge is 2.29. The van der Waals surface area contributed by atoms with Gasteiger partial charge in [0.2, 0.25) is 0 Å². The van der Waals surface area contributed by atoms with Gasteiger partial charge in [0.05, 0.1) is 0 Å². The molecule has 1 aromatic rings. The second-order valence-corrected chi connectivity index (χ2v) is 6.52. The number of hydrogen-bond acceptors (Lipinski definition) is 3. The topological polar surface area (TPSA) is 32.5 Å². The largest absolute Gasteiger partial charge is 0.368 e. The van der Waals surface area contributed by atoms with Crippen LogP contribution in [0.4, 0.5) is 5.69 Å². The lowest BCUT2D eigenvalue weighted by Crippen LogP contribution is -2.55. The molecule has 0 saturated carbocycles. The summed E-state index contributed by atoms with van der Waals surface area (Å²) in [5, 5.41) is 0. The number of anilines is 1. The Hall–Kier alpha value is -0.580. The molecule has 104 valence electrons. The summed E-state index contributed by atoms with van der Waals surface area (Å²) in [7, 11) is 0. The fourth-order valence-electron chi connectivity index (χ4n) is 3.40. The van der Waals surface area contributed by atoms with Gasteiger partial charge >= 0.3 is 0 Å². The van der Waals surface area contributed by atoms with Crippen molar-refractivity contribution >= 4 is 21.6 Å². The van der Waals surface area contributed by atoms with E-state index < -0.39 is 0 Å². The summed E-state index contributed by atoms with van der Waals surface area (Å²) < 4.78 is 1.12. The van der Waals surface area contributed by atoms with Gasteiger partial charge in [-0.1, -0.05) is 22.4 Å². The van der Waals surface area contributed by atoms with E-state index in [9.17, 15) is 0 Å². The number of rotatable bonds is 2. The normalized spacial score (nSPS) is 24.3. The van der Waals surface area contributed by atoms with Gasteiger partial charge in [0.1, 0.15) is 0 Å². The summed E-state index contributed by atoms with van der Waals surface area (Å²) >= 11 is 3.53. The van der Waals surface area contributed by atoms with Gasteiger partial charge in [-0.2, -0.15) is 0 Å². The van der Waals surface area contributed by atoms with Crippen molar-refractivity contribution in [1.29, 1.82) is 0 Å². The van der Waals surface area contributed by atoms with Gasteiger partial charge in [-0.3, -0.25) is 4.90 Å². The Labute approximate surface area is 123 Å². The molecule has 1 aromatic carbocycles. The molecular weight excluding hydrogens is 302 g/mol. The fourth-order valence-corrected chi connectivity index (χ4v) is 3.81. The first-order valence-corrected chi connectivity index (χ1v) is 8.05. The Morgan fingerprint density at radius 1 is 1.21 bits per heavy atom. The van der Waals surface area contributed by atoms with Crippen molar-refractivity contribution in [2.45, 2.75) is 31.8 Å². The zero-order valence-electron chi connectivity index (χ0n) is 11.3. The van der Waals surface area contributed by atoms with E-state index in [0.717, 1.165) is 23.6 Å². The van der Waals surface area contributed by atoms with Crippen molar-refractivity contribution in [2.75, 3.05) is 31.1 Å². The molecule has 4 heteroatoms. The lowest BCUT2D eigenvalue weighted by Gasteiger charge is -2.45. The molecule has 0 aliphatic carbocycles. The van der Waals surface area contributed by atoms with Gasteiger partial charge in [0.25, 0.3) is 0 Å². The first-order valence-electron chi connectivity index (χ1n) is 7.25.